The highest BCUT2D eigenvalue weighted by molar-refractivity contribution is 6.34. The molecule has 0 aliphatic rings. The summed E-state index contributed by atoms with van der Waals surface area (Å²) in [6, 6.07) is 12.4. The standard InChI is InChI=1S/C17H14ClFN2/c1-10(2)11-3-5-12(6-4-11)17-20-15-8-7-13(19)9-14(15)16(18)21-17/h3-10H,1-2H3. The molecule has 3 aromatic rings. The molecule has 0 radical (unpaired) electrons. The molecule has 1 heterocycles. The monoisotopic (exact) mass is 300 g/mol. The fraction of sp³-hybridized carbons (Fsp3) is 0.176. The van der Waals surface area contributed by atoms with Crippen LogP contribution in [-0.2, 0) is 0 Å². The van der Waals surface area contributed by atoms with E-state index in [9.17, 15) is 4.39 Å². The van der Waals surface area contributed by atoms with Gasteiger partial charge in [0.05, 0.1) is 5.52 Å². The van der Waals surface area contributed by atoms with Crippen molar-refractivity contribution in [1.82, 2.24) is 9.97 Å². The van der Waals surface area contributed by atoms with Crippen molar-refractivity contribution >= 4 is 22.5 Å². The Morgan fingerprint density at radius 2 is 1.71 bits per heavy atom. The molecule has 0 unspecified atom stereocenters. The van der Waals surface area contributed by atoms with Crippen LogP contribution in [0.4, 0.5) is 4.39 Å². The Morgan fingerprint density at radius 1 is 1.00 bits per heavy atom. The van der Waals surface area contributed by atoms with Gasteiger partial charge in [-0.25, -0.2) is 14.4 Å². The fourth-order valence-electron chi connectivity index (χ4n) is 2.21. The maximum Gasteiger partial charge on any atom is 0.161 e. The van der Waals surface area contributed by atoms with Crippen molar-refractivity contribution in [3.8, 4) is 11.4 Å². The molecular formula is C17H14ClFN2. The molecule has 0 spiro atoms. The lowest BCUT2D eigenvalue weighted by Gasteiger charge is -2.07. The summed E-state index contributed by atoms with van der Waals surface area (Å²) < 4.78 is 13.2. The van der Waals surface area contributed by atoms with Gasteiger partial charge in [0, 0.05) is 10.9 Å². The van der Waals surface area contributed by atoms with Gasteiger partial charge >= 0.3 is 0 Å². The zero-order valence-electron chi connectivity index (χ0n) is 11.8. The SMILES string of the molecule is CC(C)c1ccc(-c2nc(Cl)c3cc(F)ccc3n2)cc1. The molecule has 0 aliphatic carbocycles. The van der Waals surface area contributed by atoms with Gasteiger partial charge in [-0.3, -0.25) is 0 Å². The summed E-state index contributed by atoms with van der Waals surface area (Å²) in [5.41, 5.74) is 2.79. The summed E-state index contributed by atoms with van der Waals surface area (Å²) in [5.74, 6) is 0.680. The van der Waals surface area contributed by atoms with Crippen molar-refractivity contribution in [2.24, 2.45) is 0 Å². The third-order valence-corrected chi connectivity index (χ3v) is 3.73. The van der Waals surface area contributed by atoms with Gasteiger partial charge < -0.3 is 0 Å². The normalized spacial score (nSPS) is 11.3. The van der Waals surface area contributed by atoms with E-state index in [1.807, 2.05) is 12.1 Å². The Morgan fingerprint density at radius 3 is 2.38 bits per heavy atom. The third-order valence-electron chi connectivity index (χ3n) is 3.45. The molecule has 0 N–H and O–H groups in total. The van der Waals surface area contributed by atoms with Crippen LogP contribution in [0.2, 0.25) is 5.15 Å². The average Bonchev–Trinajstić information content (AvgIpc) is 2.48. The number of fused-ring (bicyclic) bond motifs is 1. The van der Waals surface area contributed by atoms with Crippen LogP contribution in [0.3, 0.4) is 0 Å². The van der Waals surface area contributed by atoms with E-state index in [-0.39, 0.29) is 11.0 Å². The van der Waals surface area contributed by atoms with Crippen LogP contribution < -0.4 is 0 Å². The molecule has 0 bridgehead atoms. The number of hydrogen-bond acceptors (Lipinski definition) is 2. The minimum absolute atomic E-state index is 0.266. The maximum absolute atomic E-state index is 13.2. The molecule has 4 heteroatoms. The molecule has 21 heavy (non-hydrogen) atoms. The van der Waals surface area contributed by atoms with Crippen molar-refractivity contribution in [2.75, 3.05) is 0 Å². The lowest BCUT2D eigenvalue weighted by atomic mass is 10.0. The first-order valence-corrected chi connectivity index (χ1v) is 7.15. The van der Waals surface area contributed by atoms with Gasteiger partial charge in [-0.1, -0.05) is 49.7 Å². The molecule has 0 fully saturated rings. The molecule has 0 amide bonds. The van der Waals surface area contributed by atoms with E-state index in [1.54, 1.807) is 6.07 Å². The molecule has 0 saturated heterocycles. The quantitative estimate of drug-likeness (QED) is 0.607. The molecule has 2 nitrogen and oxygen atoms in total. The highest BCUT2D eigenvalue weighted by Crippen LogP contribution is 2.26. The van der Waals surface area contributed by atoms with E-state index >= 15 is 0 Å². The van der Waals surface area contributed by atoms with Crippen LogP contribution in [0, 0.1) is 5.82 Å². The number of aromatic nitrogens is 2. The van der Waals surface area contributed by atoms with Gasteiger partial charge in [-0.05, 0) is 29.7 Å². The van der Waals surface area contributed by atoms with Gasteiger partial charge in [0.2, 0.25) is 0 Å². The summed E-state index contributed by atoms with van der Waals surface area (Å²) in [7, 11) is 0. The van der Waals surface area contributed by atoms with Crippen LogP contribution >= 0.6 is 11.6 Å². The first kappa shape index (κ1) is 14.0. The van der Waals surface area contributed by atoms with Crippen molar-refractivity contribution < 1.29 is 4.39 Å². The zero-order valence-corrected chi connectivity index (χ0v) is 12.5. The van der Waals surface area contributed by atoms with Crippen LogP contribution in [-0.4, -0.2) is 9.97 Å². The maximum atomic E-state index is 13.2. The van der Waals surface area contributed by atoms with Crippen LogP contribution in [0.25, 0.3) is 22.3 Å². The predicted octanol–water partition coefficient (Wildman–Crippen LogP) is 5.21. The molecule has 2 aromatic carbocycles. The van der Waals surface area contributed by atoms with Gasteiger partial charge in [0.25, 0.3) is 0 Å². The second-order valence-corrected chi connectivity index (χ2v) is 5.63. The van der Waals surface area contributed by atoms with E-state index in [0.29, 0.717) is 22.6 Å². The average molecular weight is 301 g/mol. The molecule has 0 atom stereocenters. The number of halogens is 2. The Labute approximate surface area is 127 Å². The van der Waals surface area contributed by atoms with E-state index in [0.717, 1.165) is 5.56 Å². The summed E-state index contributed by atoms with van der Waals surface area (Å²) in [6.07, 6.45) is 0. The Hall–Kier alpha value is -2.00. The molecule has 0 aliphatic heterocycles. The predicted molar refractivity (Wildman–Crippen MR) is 84.0 cm³/mol. The van der Waals surface area contributed by atoms with E-state index in [4.69, 9.17) is 11.6 Å². The zero-order chi connectivity index (χ0) is 15.0. The van der Waals surface area contributed by atoms with Crippen LogP contribution in [0.5, 0.6) is 0 Å². The van der Waals surface area contributed by atoms with Gasteiger partial charge in [-0.2, -0.15) is 0 Å². The number of hydrogen-bond donors (Lipinski definition) is 0. The summed E-state index contributed by atoms with van der Waals surface area (Å²) in [6.45, 7) is 4.29. The van der Waals surface area contributed by atoms with Crippen molar-refractivity contribution in [3.05, 3.63) is 59.0 Å². The lowest BCUT2D eigenvalue weighted by molar-refractivity contribution is 0.629. The van der Waals surface area contributed by atoms with Crippen molar-refractivity contribution in [1.29, 1.82) is 0 Å². The summed E-state index contributed by atoms with van der Waals surface area (Å²) >= 11 is 6.15. The van der Waals surface area contributed by atoms with Gasteiger partial charge in [-0.15, -0.1) is 0 Å². The summed E-state index contributed by atoms with van der Waals surface area (Å²) in [4.78, 5) is 8.73. The lowest BCUT2D eigenvalue weighted by Crippen LogP contribution is -1.93. The smallest absolute Gasteiger partial charge is 0.161 e. The number of nitrogens with zero attached hydrogens (tertiary/aromatic N) is 2. The molecule has 1 aromatic heterocycles. The molecular weight excluding hydrogens is 287 g/mol. The van der Waals surface area contributed by atoms with Crippen molar-refractivity contribution in [2.45, 2.75) is 19.8 Å². The topological polar surface area (TPSA) is 25.8 Å². The summed E-state index contributed by atoms with van der Waals surface area (Å²) in [5, 5.41) is 0.793. The van der Waals surface area contributed by atoms with Crippen LogP contribution in [0.1, 0.15) is 25.3 Å². The first-order chi connectivity index (χ1) is 10.0. The second-order valence-electron chi connectivity index (χ2n) is 5.28. The molecule has 0 saturated carbocycles. The van der Waals surface area contributed by atoms with Crippen LogP contribution in [0.15, 0.2) is 42.5 Å². The minimum atomic E-state index is -0.345. The fourth-order valence-corrected chi connectivity index (χ4v) is 2.44. The largest absolute Gasteiger partial charge is 0.228 e. The first-order valence-electron chi connectivity index (χ1n) is 6.78. The van der Waals surface area contributed by atoms with Crippen molar-refractivity contribution in [3.63, 3.8) is 0 Å². The number of rotatable bonds is 2. The Balaban J connectivity index is 2.10. The Bertz CT molecular complexity index is 798. The molecule has 106 valence electrons. The Kier molecular flexibility index (Phi) is 3.60. The van der Waals surface area contributed by atoms with Gasteiger partial charge in [0.1, 0.15) is 11.0 Å². The highest BCUT2D eigenvalue weighted by Gasteiger charge is 2.09. The highest BCUT2D eigenvalue weighted by atomic mass is 35.5. The van der Waals surface area contributed by atoms with E-state index in [2.05, 4.69) is 35.9 Å². The van der Waals surface area contributed by atoms with E-state index < -0.39 is 0 Å². The second kappa shape index (κ2) is 5.41. The number of benzene rings is 2. The van der Waals surface area contributed by atoms with Gasteiger partial charge in [0.15, 0.2) is 5.82 Å². The van der Waals surface area contributed by atoms with E-state index in [1.165, 1.54) is 17.7 Å². The minimum Gasteiger partial charge on any atom is -0.228 e. The molecule has 3 rings (SSSR count). The third kappa shape index (κ3) is 2.74.